The standard InChI is InChI=1S/C30H29N5O3S2/c1-3-34(4-2)40(37,38)27-16-10-13-24(20-27)29-32-33-30(35(29)26-14-6-5-7-15-26)39-21-28(36)31-25-18-17-22-11-8-9-12-23(22)19-25/h5-20H,3-4,21H2,1-2H3,(H,31,36). The van der Waals surface area contributed by atoms with Crippen molar-refractivity contribution in [3.05, 3.63) is 97.1 Å². The molecule has 0 spiro atoms. The summed E-state index contributed by atoms with van der Waals surface area (Å²) in [4.78, 5) is 13.1. The summed E-state index contributed by atoms with van der Waals surface area (Å²) in [7, 11) is -3.65. The summed E-state index contributed by atoms with van der Waals surface area (Å²) < 4.78 is 29.6. The Balaban J connectivity index is 1.42. The van der Waals surface area contributed by atoms with Crippen molar-refractivity contribution in [3.63, 3.8) is 0 Å². The van der Waals surface area contributed by atoms with Gasteiger partial charge in [-0.1, -0.05) is 86.3 Å². The Labute approximate surface area is 238 Å². The lowest BCUT2D eigenvalue weighted by atomic mass is 10.1. The fourth-order valence-electron chi connectivity index (χ4n) is 4.46. The first-order valence-electron chi connectivity index (χ1n) is 12.9. The van der Waals surface area contributed by atoms with E-state index in [1.807, 2.05) is 97.3 Å². The van der Waals surface area contributed by atoms with Gasteiger partial charge in [-0.25, -0.2) is 8.42 Å². The number of anilines is 1. The molecule has 0 saturated heterocycles. The molecule has 5 rings (SSSR count). The van der Waals surface area contributed by atoms with Crippen LogP contribution in [0.5, 0.6) is 0 Å². The minimum absolute atomic E-state index is 0.119. The number of benzene rings is 4. The van der Waals surface area contributed by atoms with E-state index in [2.05, 4.69) is 15.5 Å². The number of fused-ring (bicyclic) bond motifs is 1. The maximum Gasteiger partial charge on any atom is 0.243 e. The van der Waals surface area contributed by atoms with E-state index in [0.717, 1.165) is 22.1 Å². The maximum atomic E-state index is 13.2. The Morgan fingerprint density at radius 1 is 0.850 bits per heavy atom. The van der Waals surface area contributed by atoms with Crippen LogP contribution in [0.25, 0.3) is 27.8 Å². The summed E-state index contributed by atoms with van der Waals surface area (Å²) in [5.41, 5.74) is 2.13. The third-order valence-electron chi connectivity index (χ3n) is 6.45. The van der Waals surface area contributed by atoms with Crippen LogP contribution in [0.3, 0.4) is 0 Å². The lowest BCUT2D eigenvalue weighted by molar-refractivity contribution is -0.113. The van der Waals surface area contributed by atoms with Crippen LogP contribution < -0.4 is 5.32 Å². The fourth-order valence-corrected chi connectivity index (χ4v) is 6.72. The number of amides is 1. The number of nitrogens with one attached hydrogen (secondary N) is 1. The highest BCUT2D eigenvalue weighted by Gasteiger charge is 2.24. The van der Waals surface area contributed by atoms with Gasteiger partial charge >= 0.3 is 0 Å². The molecule has 1 heterocycles. The Bertz CT molecular complexity index is 1750. The molecule has 0 aliphatic rings. The number of nitrogens with zero attached hydrogens (tertiary/aromatic N) is 4. The van der Waals surface area contributed by atoms with Gasteiger partial charge in [0.05, 0.1) is 10.6 Å². The molecular formula is C30H29N5O3S2. The molecule has 0 saturated carbocycles. The van der Waals surface area contributed by atoms with E-state index in [9.17, 15) is 13.2 Å². The van der Waals surface area contributed by atoms with Gasteiger partial charge in [0.2, 0.25) is 15.9 Å². The second kappa shape index (κ2) is 12.0. The van der Waals surface area contributed by atoms with Crippen LogP contribution >= 0.6 is 11.8 Å². The van der Waals surface area contributed by atoms with Crippen LogP contribution in [-0.4, -0.2) is 52.2 Å². The van der Waals surface area contributed by atoms with Gasteiger partial charge in [0.15, 0.2) is 11.0 Å². The minimum atomic E-state index is -3.65. The van der Waals surface area contributed by atoms with Gasteiger partial charge in [-0.3, -0.25) is 9.36 Å². The third-order valence-corrected chi connectivity index (χ3v) is 9.42. The van der Waals surface area contributed by atoms with Crippen LogP contribution in [0.15, 0.2) is 107 Å². The Morgan fingerprint density at radius 2 is 1.57 bits per heavy atom. The van der Waals surface area contributed by atoms with Crippen LogP contribution in [0.1, 0.15) is 13.8 Å². The van der Waals surface area contributed by atoms with Crippen molar-refractivity contribution < 1.29 is 13.2 Å². The highest BCUT2D eigenvalue weighted by molar-refractivity contribution is 7.99. The number of carbonyl (C=O) groups excluding carboxylic acids is 1. The van der Waals surface area contributed by atoms with E-state index in [0.29, 0.717) is 29.6 Å². The number of carbonyl (C=O) groups is 1. The Kier molecular flexibility index (Phi) is 8.29. The number of para-hydroxylation sites is 1. The smallest absolute Gasteiger partial charge is 0.243 e. The first-order valence-corrected chi connectivity index (χ1v) is 15.4. The highest BCUT2D eigenvalue weighted by Crippen LogP contribution is 2.30. The van der Waals surface area contributed by atoms with E-state index in [-0.39, 0.29) is 16.6 Å². The number of hydrogen-bond donors (Lipinski definition) is 1. The van der Waals surface area contributed by atoms with E-state index in [1.54, 1.807) is 18.2 Å². The zero-order valence-electron chi connectivity index (χ0n) is 22.2. The van der Waals surface area contributed by atoms with Gasteiger partial charge in [-0.15, -0.1) is 10.2 Å². The molecule has 204 valence electrons. The second-order valence-electron chi connectivity index (χ2n) is 8.99. The molecule has 0 bridgehead atoms. The van der Waals surface area contributed by atoms with Crippen molar-refractivity contribution in [2.75, 3.05) is 24.2 Å². The SMILES string of the molecule is CCN(CC)S(=O)(=O)c1cccc(-c2nnc(SCC(=O)Nc3ccc4ccccc4c3)n2-c2ccccc2)c1. The van der Waals surface area contributed by atoms with Gasteiger partial charge in [0, 0.05) is 30.0 Å². The predicted molar refractivity (Wildman–Crippen MR) is 160 cm³/mol. The zero-order chi connectivity index (χ0) is 28.1. The Morgan fingerprint density at radius 3 is 2.33 bits per heavy atom. The van der Waals surface area contributed by atoms with E-state index in [1.165, 1.54) is 16.1 Å². The number of thioether (sulfide) groups is 1. The van der Waals surface area contributed by atoms with Crippen molar-refractivity contribution >= 4 is 44.2 Å². The number of rotatable bonds is 10. The van der Waals surface area contributed by atoms with Crippen molar-refractivity contribution in [2.24, 2.45) is 0 Å². The number of aromatic nitrogens is 3. The summed E-state index contributed by atoms with van der Waals surface area (Å²) in [6.07, 6.45) is 0. The molecule has 4 aromatic carbocycles. The van der Waals surface area contributed by atoms with Crippen molar-refractivity contribution in [3.8, 4) is 17.1 Å². The van der Waals surface area contributed by atoms with Crippen molar-refractivity contribution in [1.82, 2.24) is 19.1 Å². The lowest BCUT2D eigenvalue weighted by Gasteiger charge is -2.19. The third kappa shape index (κ3) is 5.79. The van der Waals surface area contributed by atoms with Gasteiger partial charge in [0.25, 0.3) is 0 Å². The molecule has 40 heavy (non-hydrogen) atoms. The van der Waals surface area contributed by atoms with Gasteiger partial charge in [-0.2, -0.15) is 4.31 Å². The van der Waals surface area contributed by atoms with E-state index >= 15 is 0 Å². The quantitative estimate of drug-likeness (QED) is 0.211. The van der Waals surface area contributed by atoms with Crippen LogP contribution in [0, 0.1) is 0 Å². The van der Waals surface area contributed by atoms with Gasteiger partial charge in [0.1, 0.15) is 0 Å². The van der Waals surface area contributed by atoms with Gasteiger partial charge in [-0.05, 0) is 47.2 Å². The van der Waals surface area contributed by atoms with E-state index < -0.39 is 10.0 Å². The summed E-state index contributed by atoms with van der Waals surface area (Å²) in [5.74, 6) is 0.436. The molecule has 10 heteroatoms. The molecule has 1 aromatic heterocycles. The average molecular weight is 572 g/mol. The minimum Gasteiger partial charge on any atom is -0.325 e. The largest absolute Gasteiger partial charge is 0.325 e. The first kappa shape index (κ1) is 27.6. The maximum absolute atomic E-state index is 13.2. The van der Waals surface area contributed by atoms with Gasteiger partial charge < -0.3 is 5.32 Å². The van der Waals surface area contributed by atoms with Crippen LogP contribution in [0.2, 0.25) is 0 Å². The molecule has 1 N–H and O–H groups in total. The fraction of sp³-hybridized carbons (Fsp3) is 0.167. The Hall–Kier alpha value is -3.99. The summed E-state index contributed by atoms with van der Waals surface area (Å²) in [5, 5.41) is 14.4. The molecule has 0 aliphatic heterocycles. The lowest BCUT2D eigenvalue weighted by Crippen LogP contribution is -2.30. The zero-order valence-corrected chi connectivity index (χ0v) is 23.8. The molecular weight excluding hydrogens is 542 g/mol. The van der Waals surface area contributed by atoms with Crippen molar-refractivity contribution in [1.29, 1.82) is 0 Å². The number of hydrogen-bond acceptors (Lipinski definition) is 6. The second-order valence-corrected chi connectivity index (χ2v) is 11.9. The molecule has 0 aliphatic carbocycles. The molecule has 8 nitrogen and oxygen atoms in total. The number of sulfonamides is 1. The predicted octanol–water partition coefficient (Wildman–Crippen LogP) is 5.85. The summed E-state index contributed by atoms with van der Waals surface area (Å²) in [6, 6.07) is 30.1. The highest BCUT2D eigenvalue weighted by atomic mass is 32.2. The van der Waals surface area contributed by atoms with Crippen molar-refractivity contribution in [2.45, 2.75) is 23.9 Å². The normalized spacial score (nSPS) is 11.7. The average Bonchev–Trinajstić information content (AvgIpc) is 3.41. The summed E-state index contributed by atoms with van der Waals surface area (Å²) in [6.45, 7) is 4.39. The molecule has 1 amide bonds. The molecule has 5 aromatic rings. The van der Waals surface area contributed by atoms with Crippen LogP contribution in [-0.2, 0) is 14.8 Å². The molecule has 0 atom stereocenters. The van der Waals surface area contributed by atoms with Crippen LogP contribution in [0.4, 0.5) is 5.69 Å². The molecule has 0 fully saturated rings. The van der Waals surface area contributed by atoms with E-state index in [4.69, 9.17) is 0 Å². The molecule has 0 unspecified atom stereocenters. The summed E-state index contributed by atoms with van der Waals surface area (Å²) >= 11 is 1.26. The first-order chi connectivity index (χ1) is 19.4. The molecule has 0 radical (unpaired) electrons. The topological polar surface area (TPSA) is 97.2 Å². The monoisotopic (exact) mass is 571 g/mol.